The van der Waals surface area contributed by atoms with Gasteiger partial charge in [-0.25, -0.2) is 4.99 Å². The molecule has 0 aliphatic carbocycles. The number of methoxy groups -OCH3 is 1. The van der Waals surface area contributed by atoms with E-state index in [4.69, 9.17) is 4.74 Å². The fourth-order valence-corrected chi connectivity index (χ4v) is 2.28. The van der Waals surface area contributed by atoms with Gasteiger partial charge in [0, 0.05) is 13.1 Å². The first-order chi connectivity index (χ1) is 11.7. The Hall–Kier alpha value is -2.69. The summed E-state index contributed by atoms with van der Waals surface area (Å²) in [7, 11) is 1.66. The highest BCUT2D eigenvalue weighted by molar-refractivity contribution is 5.79. The van der Waals surface area contributed by atoms with Crippen molar-refractivity contribution in [2.24, 2.45) is 4.99 Å². The highest BCUT2D eigenvalue weighted by Gasteiger charge is 2.00. The van der Waals surface area contributed by atoms with E-state index in [1.807, 2.05) is 43.3 Å². The number of hydrogen-bond acceptors (Lipinski definition) is 3. The molecule has 24 heavy (non-hydrogen) atoms. The average Bonchev–Trinajstić information content (AvgIpc) is 2.60. The first kappa shape index (κ1) is 17.7. The van der Waals surface area contributed by atoms with Crippen molar-refractivity contribution in [3.8, 4) is 11.5 Å². The number of nitrogens with zero attached hydrogens (tertiary/aromatic N) is 1. The lowest BCUT2D eigenvalue weighted by Crippen LogP contribution is -2.38. The summed E-state index contributed by atoms with van der Waals surface area (Å²) in [5.74, 6) is 1.93. The van der Waals surface area contributed by atoms with Gasteiger partial charge in [0.1, 0.15) is 11.5 Å². The molecule has 0 atom stereocenters. The lowest BCUT2D eigenvalue weighted by atomic mass is 10.1. The number of phenols is 1. The summed E-state index contributed by atoms with van der Waals surface area (Å²) in [6, 6.07) is 15.2. The zero-order valence-corrected chi connectivity index (χ0v) is 14.2. The first-order valence-corrected chi connectivity index (χ1v) is 8.14. The molecule has 0 saturated carbocycles. The standard InChI is InChI=1S/C19H25N3O2/c1-3-20-19(21-12-11-15-5-4-6-17(23)13-15)22-14-16-7-9-18(24-2)10-8-16/h4-10,13,23H,3,11-12,14H2,1-2H3,(H2,20,21,22). The van der Waals surface area contributed by atoms with Crippen LogP contribution in [0.15, 0.2) is 53.5 Å². The van der Waals surface area contributed by atoms with Crippen LogP contribution in [-0.2, 0) is 13.0 Å². The second kappa shape index (κ2) is 9.45. The van der Waals surface area contributed by atoms with Crippen LogP contribution in [-0.4, -0.2) is 31.3 Å². The number of aliphatic imine (C=N–C) groups is 1. The normalized spacial score (nSPS) is 11.2. The van der Waals surface area contributed by atoms with E-state index in [1.54, 1.807) is 19.2 Å². The molecule has 0 bridgehead atoms. The van der Waals surface area contributed by atoms with E-state index in [1.165, 1.54) is 0 Å². The quantitative estimate of drug-likeness (QED) is 0.540. The van der Waals surface area contributed by atoms with Gasteiger partial charge < -0.3 is 20.5 Å². The topological polar surface area (TPSA) is 65.9 Å². The summed E-state index contributed by atoms with van der Waals surface area (Å²) in [5, 5.41) is 16.0. The number of phenolic OH excluding ortho intramolecular Hbond substituents is 1. The average molecular weight is 327 g/mol. The fourth-order valence-electron chi connectivity index (χ4n) is 2.28. The summed E-state index contributed by atoms with van der Waals surface area (Å²) >= 11 is 0. The van der Waals surface area contributed by atoms with Gasteiger partial charge in [-0.05, 0) is 48.7 Å². The Balaban J connectivity index is 1.87. The summed E-state index contributed by atoms with van der Waals surface area (Å²) in [5.41, 5.74) is 2.22. The molecule has 0 aliphatic rings. The first-order valence-electron chi connectivity index (χ1n) is 8.14. The summed E-state index contributed by atoms with van der Waals surface area (Å²) in [6.07, 6.45) is 0.821. The van der Waals surface area contributed by atoms with Crippen molar-refractivity contribution in [3.63, 3.8) is 0 Å². The highest BCUT2D eigenvalue weighted by Crippen LogP contribution is 2.12. The Kier molecular flexibility index (Phi) is 6.95. The van der Waals surface area contributed by atoms with Crippen LogP contribution in [0.4, 0.5) is 0 Å². The van der Waals surface area contributed by atoms with Crippen LogP contribution < -0.4 is 15.4 Å². The number of rotatable bonds is 7. The molecule has 128 valence electrons. The molecule has 0 fully saturated rings. The lowest BCUT2D eigenvalue weighted by molar-refractivity contribution is 0.414. The zero-order chi connectivity index (χ0) is 17.2. The van der Waals surface area contributed by atoms with Gasteiger partial charge in [0.2, 0.25) is 0 Å². The molecule has 5 nitrogen and oxygen atoms in total. The van der Waals surface area contributed by atoms with Gasteiger partial charge >= 0.3 is 0 Å². The van der Waals surface area contributed by atoms with Crippen LogP contribution in [0, 0.1) is 0 Å². The van der Waals surface area contributed by atoms with Crippen LogP contribution >= 0.6 is 0 Å². The lowest BCUT2D eigenvalue weighted by Gasteiger charge is -2.11. The monoisotopic (exact) mass is 327 g/mol. The van der Waals surface area contributed by atoms with E-state index >= 15 is 0 Å². The van der Waals surface area contributed by atoms with Crippen LogP contribution in [0.25, 0.3) is 0 Å². The van der Waals surface area contributed by atoms with Crippen molar-refractivity contribution in [1.29, 1.82) is 0 Å². The van der Waals surface area contributed by atoms with E-state index < -0.39 is 0 Å². The van der Waals surface area contributed by atoms with Crippen molar-refractivity contribution in [3.05, 3.63) is 59.7 Å². The van der Waals surface area contributed by atoms with E-state index in [9.17, 15) is 5.11 Å². The van der Waals surface area contributed by atoms with Gasteiger partial charge in [-0.3, -0.25) is 0 Å². The van der Waals surface area contributed by atoms with E-state index in [2.05, 4.69) is 15.6 Å². The molecule has 3 N–H and O–H groups in total. The van der Waals surface area contributed by atoms with E-state index in [0.717, 1.165) is 42.3 Å². The van der Waals surface area contributed by atoms with Crippen LogP contribution in [0.2, 0.25) is 0 Å². The molecule has 0 unspecified atom stereocenters. The molecule has 0 radical (unpaired) electrons. The third-order valence-electron chi connectivity index (χ3n) is 3.54. The molecule has 5 heteroatoms. The molecule has 2 aromatic carbocycles. The maximum atomic E-state index is 9.49. The van der Waals surface area contributed by atoms with E-state index in [0.29, 0.717) is 12.3 Å². The van der Waals surface area contributed by atoms with Crippen molar-refractivity contribution in [1.82, 2.24) is 10.6 Å². The van der Waals surface area contributed by atoms with Crippen LogP contribution in [0.3, 0.4) is 0 Å². The third kappa shape index (κ3) is 5.83. The minimum Gasteiger partial charge on any atom is -0.508 e. The number of ether oxygens (including phenoxy) is 1. The molecule has 0 aromatic heterocycles. The predicted molar refractivity (Wildman–Crippen MR) is 97.6 cm³/mol. The number of hydrogen-bond donors (Lipinski definition) is 3. The maximum Gasteiger partial charge on any atom is 0.191 e. The minimum absolute atomic E-state index is 0.299. The van der Waals surface area contributed by atoms with Crippen molar-refractivity contribution in [2.75, 3.05) is 20.2 Å². The number of aromatic hydroxyl groups is 1. The second-order valence-electron chi connectivity index (χ2n) is 5.39. The summed E-state index contributed by atoms with van der Waals surface area (Å²) in [6.45, 7) is 4.20. The maximum absolute atomic E-state index is 9.49. The number of guanidine groups is 1. The Morgan fingerprint density at radius 3 is 2.54 bits per heavy atom. The predicted octanol–water partition coefficient (Wildman–Crippen LogP) is 2.70. The Labute approximate surface area is 143 Å². The molecule has 0 heterocycles. The molecule has 0 aliphatic heterocycles. The summed E-state index contributed by atoms with van der Waals surface area (Å²) < 4.78 is 5.16. The highest BCUT2D eigenvalue weighted by atomic mass is 16.5. The Morgan fingerprint density at radius 2 is 1.88 bits per heavy atom. The summed E-state index contributed by atoms with van der Waals surface area (Å²) in [4.78, 5) is 4.59. The van der Waals surface area contributed by atoms with Gasteiger partial charge in [-0.15, -0.1) is 0 Å². The number of benzene rings is 2. The Bertz CT molecular complexity index is 654. The molecule has 0 spiro atoms. The molecular formula is C19H25N3O2. The van der Waals surface area contributed by atoms with Gasteiger partial charge in [0.05, 0.1) is 13.7 Å². The van der Waals surface area contributed by atoms with Crippen molar-refractivity contribution >= 4 is 5.96 Å². The number of nitrogens with one attached hydrogen (secondary N) is 2. The third-order valence-corrected chi connectivity index (χ3v) is 3.54. The zero-order valence-electron chi connectivity index (χ0n) is 14.2. The van der Waals surface area contributed by atoms with Crippen LogP contribution in [0.5, 0.6) is 11.5 Å². The largest absolute Gasteiger partial charge is 0.508 e. The molecular weight excluding hydrogens is 302 g/mol. The Morgan fingerprint density at radius 1 is 1.08 bits per heavy atom. The van der Waals surface area contributed by atoms with E-state index in [-0.39, 0.29) is 0 Å². The van der Waals surface area contributed by atoms with Gasteiger partial charge in [0.15, 0.2) is 5.96 Å². The molecule has 0 saturated heterocycles. The molecule has 0 amide bonds. The van der Waals surface area contributed by atoms with Crippen LogP contribution in [0.1, 0.15) is 18.1 Å². The van der Waals surface area contributed by atoms with Crippen molar-refractivity contribution in [2.45, 2.75) is 19.9 Å². The van der Waals surface area contributed by atoms with Gasteiger partial charge in [-0.1, -0.05) is 24.3 Å². The fraction of sp³-hybridized carbons (Fsp3) is 0.316. The van der Waals surface area contributed by atoms with Gasteiger partial charge in [-0.2, -0.15) is 0 Å². The molecule has 2 aromatic rings. The smallest absolute Gasteiger partial charge is 0.191 e. The van der Waals surface area contributed by atoms with Crippen molar-refractivity contribution < 1.29 is 9.84 Å². The SMILES string of the molecule is CCNC(=NCc1ccc(OC)cc1)NCCc1cccc(O)c1. The second-order valence-corrected chi connectivity index (χ2v) is 5.39. The molecule has 2 rings (SSSR count). The minimum atomic E-state index is 0.299. The van der Waals surface area contributed by atoms with Gasteiger partial charge in [0.25, 0.3) is 0 Å².